The van der Waals surface area contributed by atoms with E-state index >= 15 is 0 Å². The third kappa shape index (κ3) is 1.16. The van der Waals surface area contributed by atoms with Gasteiger partial charge in [-0.2, -0.15) is 0 Å². The highest BCUT2D eigenvalue weighted by molar-refractivity contribution is 5.94. The standard InChI is InChI=1S/C12H11N3/c1-15-8-13-7-12(15)10-6-14-11-5-3-2-4-9(10)11/h2-8,14H,1H3. The van der Waals surface area contributed by atoms with Crippen LogP contribution in [0.2, 0.25) is 0 Å². The van der Waals surface area contributed by atoms with Crippen molar-refractivity contribution in [2.24, 2.45) is 7.05 Å². The van der Waals surface area contributed by atoms with E-state index in [1.54, 1.807) is 0 Å². The number of para-hydroxylation sites is 1. The normalized spacial score (nSPS) is 11.0. The van der Waals surface area contributed by atoms with Crippen LogP contribution in [0.15, 0.2) is 43.0 Å². The Hall–Kier alpha value is -2.03. The molecule has 3 aromatic rings. The summed E-state index contributed by atoms with van der Waals surface area (Å²) in [5.74, 6) is 0. The summed E-state index contributed by atoms with van der Waals surface area (Å²) >= 11 is 0. The Labute approximate surface area is 87.4 Å². The molecule has 0 saturated heterocycles. The summed E-state index contributed by atoms with van der Waals surface area (Å²) in [7, 11) is 2.00. The van der Waals surface area contributed by atoms with Gasteiger partial charge in [-0.3, -0.25) is 0 Å². The van der Waals surface area contributed by atoms with Gasteiger partial charge in [0.05, 0.1) is 18.2 Å². The number of hydrogen-bond acceptors (Lipinski definition) is 1. The minimum Gasteiger partial charge on any atom is -0.360 e. The Bertz CT molecular complexity index is 604. The molecule has 3 heteroatoms. The first-order valence-corrected chi connectivity index (χ1v) is 4.89. The summed E-state index contributed by atoms with van der Waals surface area (Å²) in [5.41, 5.74) is 3.49. The van der Waals surface area contributed by atoms with Gasteiger partial charge in [0.25, 0.3) is 0 Å². The lowest BCUT2D eigenvalue weighted by Crippen LogP contribution is -1.87. The molecule has 0 unspecified atom stereocenters. The van der Waals surface area contributed by atoms with Crippen molar-refractivity contribution < 1.29 is 0 Å². The highest BCUT2D eigenvalue weighted by Gasteiger charge is 2.07. The number of nitrogens with zero attached hydrogens (tertiary/aromatic N) is 2. The second-order valence-electron chi connectivity index (χ2n) is 3.64. The number of aromatic nitrogens is 3. The molecular weight excluding hydrogens is 186 g/mol. The molecule has 3 nitrogen and oxygen atoms in total. The average molecular weight is 197 g/mol. The minimum atomic E-state index is 1.13. The van der Waals surface area contributed by atoms with E-state index in [1.165, 1.54) is 10.9 Å². The Kier molecular flexibility index (Phi) is 1.65. The predicted molar refractivity (Wildman–Crippen MR) is 60.5 cm³/mol. The van der Waals surface area contributed by atoms with Crippen LogP contribution >= 0.6 is 0 Å². The van der Waals surface area contributed by atoms with Crippen molar-refractivity contribution >= 4 is 10.9 Å². The molecule has 15 heavy (non-hydrogen) atoms. The lowest BCUT2D eigenvalue weighted by Gasteiger charge is -1.99. The van der Waals surface area contributed by atoms with Crippen molar-refractivity contribution in [3.8, 4) is 11.3 Å². The van der Waals surface area contributed by atoms with Gasteiger partial charge >= 0.3 is 0 Å². The third-order valence-electron chi connectivity index (χ3n) is 2.68. The van der Waals surface area contributed by atoms with Gasteiger partial charge in [-0.25, -0.2) is 4.98 Å². The molecule has 0 aliphatic rings. The van der Waals surface area contributed by atoms with Gasteiger partial charge in [-0.15, -0.1) is 0 Å². The van der Waals surface area contributed by atoms with Crippen LogP contribution in [0.3, 0.4) is 0 Å². The van der Waals surface area contributed by atoms with Crippen molar-refractivity contribution in [2.45, 2.75) is 0 Å². The molecule has 0 amide bonds. The number of imidazole rings is 1. The first-order valence-electron chi connectivity index (χ1n) is 4.89. The van der Waals surface area contributed by atoms with E-state index in [-0.39, 0.29) is 0 Å². The maximum atomic E-state index is 4.13. The second-order valence-corrected chi connectivity index (χ2v) is 3.64. The molecule has 2 aromatic heterocycles. The highest BCUT2D eigenvalue weighted by Crippen LogP contribution is 2.27. The monoisotopic (exact) mass is 197 g/mol. The van der Waals surface area contributed by atoms with Crippen LogP contribution in [0.25, 0.3) is 22.2 Å². The number of aromatic amines is 1. The molecule has 0 aliphatic heterocycles. The van der Waals surface area contributed by atoms with Crippen molar-refractivity contribution in [2.75, 3.05) is 0 Å². The molecule has 0 saturated carbocycles. The van der Waals surface area contributed by atoms with E-state index in [9.17, 15) is 0 Å². The molecule has 1 aromatic carbocycles. The fourth-order valence-corrected chi connectivity index (χ4v) is 1.90. The topological polar surface area (TPSA) is 33.6 Å². The number of rotatable bonds is 1. The van der Waals surface area contributed by atoms with Crippen LogP contribution in [0.1, 0.15) is 0 Å². The predicted octanol–water partition coefficient (Wildman–Crippen LogP) is 2.57. The molecule has 0 atom stereocenters. The van der Waals surface area contributed by atoms with Crippen LogP contribution in [-0.2, 0) is 7.05 Å². The number of benzene rings is 1. The summed E-state index contributed by atoms with van der Waals surface area (Å²) in [6.45, 7) is 0. The fourth-order valence-electron chi connectivity index (χ4n) is 1.90. The van der Waals surface area contributed by atoms with Gasteiger partial charge in [-0.1, -0.05) is 18.2 Å². The Morgan fingerprint density at radius 2 is 2.13 bits per heavy atom. The van der Waals surface area contributed by atoms with E-state index in [1.807, 2.05) is 36.4 Å². The zero-order valence-electron chi connectivity index (χ0n) is 8.44. The van der Waals surface area contributed by atoms with Gasteiger partial charge in [0.15, 0.2) is 0 Å². The van der Waals surface area contributed by atoms with Crippen molar-refractivity contribution in [3.63, 3.8) is 0 Å². The summed E-state index contributed by atoms with van der Waals surface area (Å²) in [6.07, 6.45) is 5.73. The van der Waals surface area contributed by atoms with Crippen molar-refractivity contribution in [1.29, 1.82) is 0 Å². The lowest BCUT2D eigenvalue weighted by molar-refractivity contribution is 0.922. The van der Waals surface area contributed by atoms with E-state index in [0.717, 1.165) is 11.2 Å². The molecule has 74 valence electrons. The average Bonchev–Trinajstić information content (AvgIpc) is 2.83. The number of nitrogens with one attached hydrogen (secondary N) is 1. The third-order valence-corrected chi connectivity index (χ3v) is 2.68. The number of fused-ring (bicyclic) bond motifs is 1. The largest absolute Gasteiger partial charge is 0.360 e. The van der Waals surface area contributed by atoms with Crippen molar-refractivity contribution in [1.82, 2.24) is 14.5 Å². The molecule has 0 spiro atoms. The van der Waals surface area contributed by atoms with Crippen LogP contribution in [0.5, 0.6) is 0 Å². The van der Waals surface area contributed by atoms with E-state index in [0.29, 0.717) is 0 Å². The van der Waals surface area contributed by atoms with Crippen LogP contribution in [-0.4, -0.2) is 14.5 Å². The van der Waals surface area contributed by atoms with Gasteiger partial charge < -0.3 is 9.55 Å². The molecule has 0 bridgehead atoms. The zero-order chi connectivity index (χ0) is 10.3. The molecule has 0 fully saturated rings. The van der Waals surface area contributed by atoms with Gasteiger partial charge in [0, 0.05) is 29.7 Å². The fraction of sp³-hybridized carbons (Fsp3) is 0.0833. The number of H-pyrrole nitrogens is 1. The van der Waals surface area contributed by atoms with Crippen LogP contribution in [0.4, 0.5) is 0 Å². The maximum Gasteiger partial charge on any atom is 0.0948 e. The van der Waals surface area contributed by atoms with E-state index in [2.05, 4.69) is 28.2 Å². The first kappa shape index (κ1) is 8.29. The molecule has 1 N–H and O–H groups in total. The number of hydrogen-bond donors (Lipinski definition) is 1. The molecule has 2 heterocycles. The van der Waals surface area contributed by atoms with Crippen LogP contribution < -0.4 is 0 Å². The number of aryl methyl sites for hydroxylation is 1. The summed E-state index contributed by atoms with van der Waals surface area (Å²) in [6, 6.07) is 8.28. The van der Waals surface area contributed by atoms with Gasteiger partial charge in [-0.05, 0) is 6.07 Å². The molecule has 0 radical (unpaired) electrons. The minimum absolute atomic E-state index is 1.13. The summed E-state index contributed by atoms with van der Waals surface area (Å²) in [5, 5.41) is 1.24. The zero-order valence-corrected chi connectivity index (χ0v) is 8.44. The molecule has 3 rings (SSSR count). The highest BCUT2D eigenvalue weighted by atomic mass is 15.0. The van der Waals surface area contributed by atoms with Crippen molar-refractivity contribution in [3.05, 3.63) is 43.0 Å². The second kappa shape index (κ2) is 2.98. The Balaban J connectivity index is 2.32. The van der Waals surface area contributed by atoms with E-state index < -0.39 is 0 Å². The SMILES string of the molecule is Cn1cncc1-c1c[nH]c2ccccc12. The molecular formula is C12H11N3. The van der Waals surface area contributed by atoms with Gasteiger partial charge in [0.1, 0.15) is 0 Å². The maximum absolute atomic E-state index is 4.13. The summed E-state index contributed by atoms with van der Waals surface area (Å²) < 4.78 is 2.02. The van der Waals surface area contributed by atoms with Gasteiger partial charge in [0.2, 0.25) is 0 Å². The quantitative estimate of drug-likeness (QED) is 0.639. The van der Waals surface area contributed by atoms with Crippen LogP contribution in [0, 0.1) is 0 Å². The summed E-state index contributed by atoms with van der Waals surface area (Å²) in [4.78, 5) is 7.40. The first-order chi connectivity index (χ1) is 7.36. The van der Waals surface area contributed by atoms with E-state index in [4.69, 9.17) is 0 Å². The Morgan fingerprint density at radius 1 is 1.27 bits per heavy atom. The molecule has 0 aliphatic carbocycles. The lowest BCUT2D eigenvalue weighted by atomic mass is 10.1. The smallest absolute Gasteiger partial charge is 0.0948 e. The Morgan fingerprint density at radius 3 is 2.93 bits per heavy atom.